The van der Waals surface area contributed by atoms with Gasteiger partial charge in [0.15, 0.2) is 0 Å². The molecule has 61 heavy (non-hydrogen) atoms. The zero-order valence-corrected chi connectivity index (χ0v) is 38.0. The quantitative estimate of drug-likeness (QED) is 0.122. The van der Waals surface area contributed by atoms with E-state index in [9.17, 15) is 70.2 Å². The fraction of sp³-hybridized carbons (Fsp3) is 1.00. The predicted molar refractivity (Wildman–Crippen MR) is 196 cm³/mol. The molecule has 0 atom stereocenters. The van der Waals surface area contributed by atoms with Gasteiger partial charge in [-0.15, -0.1) is 0 Å². The number of alkyl halides is 16. The van der Waals surface area contributed by atoms with E-state index in [2.05, 4.69) is 33.7 Å². The molecule has 0 bridgehead atoms. The largest absolute Gasteiger partial charge is 0.379 e. The van der Waals surface area contributed by atoms with Crippen molar-refractivity contribution in [3.63, 3.8) is 0 Å². The van der Waals surface area contributed by atoms with Gasteiger partial charge in [0.05, 0.1) is 18.2 Å². The monoisotopic (exact) mass is 937 g/mol. The molecule has 1 N–H and O–H groups in total. The molecular formula is C38H67F16NO6. The normalized spacial score (nSPS) is 15.0. The first-order chi connectivity index (χ1) is 26.1. The van der Waals surface area contributed by atoms with Crippen LogP contribution in [0.3, 0.4) is 0 Å². The lowest BCUT2D eigenvalue weighted by atomic mass is 9.74. The van der Waals surface area contributed by atoms with Gasteiger partial charge in [-0.2, -0.15) is 61.5 Å². The van der Waals surface area contributed by atoms with Gasteiger partial charge in [-0.25, -0.2) is 8.78 Å². The Balaban J connectivity index is -0.000000857. The van der Waals surface area contributed by atoms with Crippen molar-refractivity contribution in [2.24, 2.45) is 16.2 Å². The van der Waals surface area contributed by atoms with Crippen molar-refractivity contribution in [1.82, 2.24) is 5.32 Å². The maximum absolute atomic E-state index is 13.5. The standard InChI is InChI=1S/C15H27F6NO2.C13H22F6O4.C10H18F4/c1-11(2,3)7-13(16,17)9-23-15(20,21)10-24-14(18,19)8-22-12(4,5)6;1-9(2)20-6-11(14,15)21-7-12(16,17)22-8-13(18,19)23-10(3,4)5;1-7(2,3)9(11,12)10(13,14)8(4,5)6/h22H,7-10H2,1-6H3;9H,6-8H2,1-5H3;1-6H3. The summed E-state index contributed by atoms with van der Waals surface area (Å²) in [7, 11) is 0. The number of halogens is 16. The first kappa shape index (κ1) is 63.9. The van der Waals surface area contributed by atoms with E-state index in [4.69, 9.17) is 0 Å². The molecular weight excluding hydrogens is 870 g/mol. The van der Waals surface area contributed by atoms with Gasteiger partial charge in [0.1, 0.15) is 33.0 Å². The summed E-state index contributed by atoms with van der Waals surface area (Å²) in [4.78, 5) is 0. The summed E-state index contributed by atoms with van der Waals surface area (Å²) in [5, 5.41) is 2.40. The Kier molecular flexibility index (Phi) is 23.2. The molecule has 0 aliphatic carbocycles. The number of rotatable bonds is 20. The lowest BCUT2D eigenvalue weighted by Gasteiger charge is -2.42. The van der Waals surface area contributed by atoms with Crippen LogP contribution in [0.2, 0.25) is 0 Å². The van der Waals surface area contributed by atoms with Gasteiger partial charge < -0.3 is 33.7 Å². The molecule has 0 unspecified atom stereocenters. The van der Waals surface area contributed by atoms with Gasteiger partial charge in [-0.3, -0.25) is 0 Å². The highest BCUT2D eigenvalue weighted by atomic mass is 19.3. The Morgan fingerprint density at radius 2 is 0.721 bits per heavy atom. The predicted octanol–water partition coefficient (Wildman–Crippen LogP) is 13.1. The van der Waals surface area contributed by atoms with Gasteiger partial charge in [0.2, 0.25) is 0 Å². The van der Waals surface area contributed by atoms with Crippen LogP contribution >= 0.6 is 0 Å². The molecule has 0 heterocycles. The summed E-state index contributed by atoms with van der Waals surface area (Å²) in [6.45, 7) is 13.5. The third kappa shape index (κ3) is 30.4. The van der Waals surface area contributed by atoms with Crippen molar-refractivity contribution in [3.8, 4) is 0 Å². The van der Waals surface area contributed by atoms with Crippen LogP contribution in [0.5, 0.6) is 0 Å². The fourth-order valence-corrected chi connectivity index (χ4v) is 3.83. The topological polar surface area (TPSA) is 67.4 Å². The number of ether oxygens (including phenoxy) is 6. The van der Waals surface area contributed by atoms with Crippen molar-refractivity contribution >= 4 is 0 Å². The van der Waals surface area contributed by atoms with Crippen molar-refractivity contribution in [2.45, 2.75) is 190 Å². The first-order valence-electron chi connectivity index (χ1n) is 18.8. The second-order valence-electron chi connectivity index (χ2n) is 19.8. The lowest BCUT2D eigenvalue weighted by molar-refractivity contribution is -0.369. The maximum atomic E-state index is 13.5. The average molecular weight is 938 g/mol. The Labute approximate surface area is 349 Å². The molecule has 23 heteroatoms. The zero-order chi connectivity index (χ0) is 50.0. The molecule has 0 aliphatic heterocycles. The Morgan fingerprint density at radius 1 is 0.410 bits per heavy atom. The van der Waals surface area contributed by atoms with Gasteiger partial charge in [-0.05, 0) is 60.8 Å². The minimum atomic E-state index is -4.34. The van der Waals surface area contributed by atoms with Crippen LogP contribution in [0.15, 0.2) is 0 Å². The molecule has 0 aromatic carbocycles. The van der Waals surface area contributed by atoms with Crippen LogP contribution in [0, 0.1) is 16.2 Å². The van der Waals surface area contributed by atoms with E-state index in [1.165, 1.54) is 55.4 Å². The number of hydrogen-bond acceptors (Lipinski definition) is 7. The highest BCUT2D eigenvalue weighted by molar-refractivity contribution is 5.00. The second-order valence-corrected chi connectivity index (χ2v) is 19.8. The zero-order valence-electron chi connectivity index (χ0n) is 38.0. The van der Waals surface area contributed by atoms with Crippen LogP contribution in [0.1, 0.15) is 124 Å². The molecule has 0 fully saturated rings. The van der Waals surface area contributed by atoms with Crippen LogP contribution in [0.25, 0.3) is 0 Å². The third-order valence-electron chi connectivity index (χ3n) is 6.78. The molecule has 0 saturated carbocycles. The molecule has 0 aliphatic rings. The van der Waals surface area contributed by atoms with Crippen molar-refractivity contribution in [2.75, 3.05) is 39.6 Å². The van der Waals surface area contributed by atoms with Gasteiger partial charge >= 0.3 is 42.4 Å². The summed E-state index contributed by atoms with van der Waals surface area (Å²) < 4.78 is 237. The van der Waals surface area contributed by atoms with Crippen LogP contribution in [-0.4, -0.2) is 105 Å². The smallest absolute Gasteiger partial charge is 0.370 e. The maximum Gasteiger partial charge on any atom is 0.379 e. The van der Waals surface area contributed by atoms with Crippen LogP contribution in [-0.2, 0) is 28.4 Å². The van der Waals surface area contributed by atoms with E-state index in [1.807, 2.05) is 0 Å². The van der Waals surface area contributed by atoms with Crippen LogP contribution in [0.4, 0.5) is 70.2 Å². The SMILES string of the molecule is CC(C)(C)C(F)(F)C(F)(F)C(C)(C)C.CC(C)(C)CC(F)(F)COC(F)(F)COC(F)(F)CNC(C)(C)C.CC(C)OCC(F)(F)OCC(F)(F)OCC(F)(F)OC(C)(C)C. The second kappa shape index (κ2) is 22.2. The number of hydrogen-bond donors (Lipinski definition) is 1. The molecule has 372 valence electrons. The van der Waals surface area contributed by atoms with Crippen LogP contribution < -0.4 is 5.32 Å². The van der Waals surface area contributed by atoms with Crippen molar-refractivity contribution in [1.29, 1.82) is 0 Å². The lowest BCUT2D eigenvalue weighted by Crippen LogP contribution is -2.56. The summed E-state index contributed by atoms with van der Waals surface area (Å²) in [5.41, 5.74) is -6.27. The van der Waals surface area contributed by atoms with E-state index in [0.29, 0.717) is 0 Å². The highest BCUT2D eigenvalue weighted by Crippen LogP contribution is 2.54. The number of nitrogens with one attached hydrogen (secondary N) is 1. The molecule has 0 radical (unpaired) electrons. The average Bonchev–Trinajstić information content (AvgIpc) is 2.97. The van der Waals surface area contributed by atoms with Gasteiger partial charge in [0.25, 0.3) is 5.92 Å². The van der Waals surface area contributed by atoms with E-state index in [-0.39, 0.29) is 0 Å². The first-order valence-corrected chi connectivity index (χ1v) is 18.8. The van der Waals surface area contributed by atoms with E-state index >= 15 is 0 Å². The molecule has 0 aromatic rings. The molecule has 0 saturated heterocycles. The Bertz CT molecular complexity index is 1230. The van der Waals surface area contributed by atoms with Crippen molar-refractivity contribution in [3.05, 3.63) is 0 Å². The minimum Gasteiger partial charge on any atom is -0.370 e. The summed E-state index contributed by atoms with van der Waals surface area (Å²) in [5.74, 6) is -11.5. The van der Waals surface area contributed by atoms with E-state index in [0.717, 1.165) is 41.5 Å². The highest BCUT2D eigenvalue weighted by Gasteiger charge is 2.67. The van der Waals surface area contributed by atoms with E-state index in [1.54, 1.807) is 20.8 Å². The molecule has 0 amide bonds. The van der Waals surface area contributed by atoms with Gasteiger partial charge in [0, 0.05) is 22.8 Å². The fourth-order valence-electron chi connectivity index (χ4n) is 3.83. The van der Waals surface area contributed by atoms with Gasteiger partial charge in [-0.1, -0.05) is 62.3 Å². The molecule has 0 spiro atoms. The minimum absolute atomic E-state index is 0.561. The molecule has 0 rings (SSSR count). The molecule has 0 aromatic heterocycles. The van der Waals surface area contributed by atoms with E-state index < -0.39 is 128 Å². The Hall–Kier alpha value is -1.40. The summed E-state index contributed by atoms with van der Waals surface area (Å²) in [6.07, 6.45) is -21.7. The Morgan fingerprint density at radius 3 is 1.02 bits per heavy atom. The van der Waals surface area contributed by atoms with Crippen molar-refractivity contribution < 1.29 is 98.7 Å². The summed E-state index contributed by atoms with van der Waals surface area (Å²) >= 11 is 0. The molecule has 7 nitrogen and oxygen atoms in total. The summed E-state index contributed by atoms with van der Waals surface area (Å²) in [6, 6.07) is 0. The third-order valence-corrected chi connectivity index (χ3v) is 6.78.